The number of hydrogen-bond acceptors (Lipinski definition) is 3. The van der Waals surface area contributed by atoms with E-state index < -0.39 is 18.0 Å². The predicted octanol–water partition coefficient (Wildman–Crippen LogP) is 3.07. The van der Waals surface area contributed by atoms with Gasteiger partial charge in [0.15, 0.2) is 0 Å². The van der Waals surface area contributed by atoms with E-state index in [4.69, 9.17) is 5.11 Å². The number of aromatic nitrogens is 1. The molecule has 4 N–H and O–H groups in total. The van der Waals surface area contributed by atoms with E-state index in [1.165, 1.54) is 12.1 Å². The van der Waals surface area contributed by atoms with Crippen molar-refractivity contribution >= 4 is 35.2 Å². The average molecular weight is 375 g/mol. The fourth-order valence-electron chi connectivity index (χ4n) is 2.77. The Labute approximate surface area is 156 Å². The molecule has 1 atom stereocenters. The lowest BCUT2D eigenvalue weighted by atomic mass is 10.0. The molecule has 0 spiro atoms. The number of H-pyrrole nitrogens is 1. The first-order chi connectivity index (χ1) is 12.0. The van der Waals surface area contributed by atoms with E-state index in [0.29, 0.717) is 13.0 Å². The van der Waals surface area contributed by atoms with Crippen molar-refractivity contribution in [2.45, 2.75) is 19.0 Å². The van der Waals surface area contributed by atoms with Gasteiger partial charge in [0.2, 0.25) is 0 Å². The van der Waals surface area contributed by atoms with Gasteiger partial charge in [0.25, 0.3) is 0 Å². The molecule has 0 amide bonds. The van der Waals surface area contributed by atoms with Crippen LogP contribution in [0.4, 0.5) is 0 Å². The van der Waals surface area contributed by atoms with Crippen LogP contribution in [0.1, 0.15) is 21.5 Å². The van der Waals surface area contributed by atoms with Crippen LogP contribution in [0, 0.1) is 0 Å². The summed E-state index contributed by atoms with van der Waals surface area (Å²) in [5.74, 6) is -1.91. The molecule has 1 unspecified atom stereocenters. The molecule has 136 valence electrons. The Balaban J connectivity index is 0.00000243. The molecule has 0 radical (unpaired) electrons. The molecule has 0 saturated carbocycles. The normalized spacial score (nSPS) is 11.7. The van der Waals surface area contributed by atoms with Crippen molar-refractivity contribution in [3.63, 3.8) is 0 Å². The summed E-state index contributed by atoms with van der Waals surface area (Å²) in [6.45, 7) is 0.346. The van der Waals surface area contributed by atoms with Gasteiger partial charge in [0.1, 0.15) is 6.04 Å². The van der Waals surface area contributed by atoms with Crippen molar-refractivity contribution in [2.24, 2.45) is 0 Å². The highest BCUT2D eigenvalue weighted by Crippen LogP contribution is 2.19. The molecule has 0 bridgehead atoms. The van der Waals surface area contributed by atoms with Crippen LogP contribution in [-0.4, -0.2) is 33.2 Å². The summed E-state index contributed by atoms with van der Waals surface area (Å²) in [4.78, 5) is 25.6. The molecular formula is C19H19ClN2O4. The number of aromatic carboxylic acids is 1. The Morgan fingerprint density at radius 2 is 1.73 bits per heavy atom. The number of aromatic amines is 1. The van der Waals surface area contributed by atoms with Crippen LogP contribution in [0.5, 0.6) is 0 Å². The summed E-state index contributed by atoms with van der Waals surface area (Å²) >= 11 is 0. The fourth-order valence-corrected chi connectivity index (χ4v) is 2.77. The van der Waals surface area contributed by atoms with Crippen molar-refractivity contribution in [1.29, 1.82) is 0 Å². The number of carbonyl (C=O) groups is 2. The van der Waals surface area contributed by atoms with Gasteiger partial charge >= 0.3 is 11.9 Å². The number of benzene rings is 2. The van der Waals surface area contributed by atoms with Crippen LogP contribution in [0.25, 0.3) is 10.9 Å². The van der Waals surface area contributed by atoms with Crippen LogP contribution >= 0.6 is 12.4 Å². The number of aliphatic carboxylic acids is 1. The zero-order valence-corrected chi connectivity index (χ0v) is 14.6. The van der Waals surface area contributed by atoms with E-state index in [-0.39, 0.29) is 18.0 Å². The lowest BCUT2D eigenvalue weighted by Crippen LogP contribution is -2.38. The molecule has 0 saturated heterocycles. The second kappa shape index (κ2) is 8.51. The van der Waals surface area contributed by atoms with Gasteiger partial charge in [-0.15, -0.1) is 12.4 Å². The summed E-state index contributed by atoms with van der Waals surface area (Å²) in [5, 5.41) is 22.4. The number of hydrogen-bond donors (Lipinski definition) is 4. The monoisotopic (exact) mass is 374 g/mol. The Morgan fingerprint density at radius 3 is 2.38 bits per heavy atom. The molecule has 3 aromatic rings. The molecule has 2 aromatic carbocycles. The summed E-state index contributed by atoms with van der Waals surface area (Å²) in [6.07, 6.45) is 2.19. The number of para-hydroxylation sites is 1. The zero-order chi connectivity index (χ0) is 17.8. The van der Waals surface area contributed by atoms with E-state index in [0.717, 1.165) is 22.0 Å². The second-order valence-corrected chi connectivity index (χ2v) is 5.84. The summed E-state index contributed by atoms with van der Waals surface area (Å²) in [7, 11) is 0. The molecule has 3 rings (SSSR count). The van der Waals surface area contributed by atoms with Crippen molar-refractivity contribution in [3.8, 4) is 0 Å². The van der Waals surface area contributed by atoms with Crippen molar-refractivity contribution in [1.82, 2.24) is 10.3 Å². The predicted molar refractivity (Wildman–Crippen MR) is 101 cm³/mol. The number of carboxylic acid groups (broad SMARTS) is 2. The number of fused-ring (bicyclic) bond motifs is 1. The average Bonchev–Trinajstić information content (AvgIpc) is 3.01. The number of halogens is 1. The maximum atomic E-state index is 11.6. The molecule has 0 fully saturated rings. The Hall–Kier alpha value is -2.83. The SMILES string of the molecule is Cl.O=C(O)c1ccc(CNC(Cc2c[nH]c3ccccc23)C(=O)O)cc1. The van der Waals surface area contributed by atoms with Gasteiger partial charge in [0.05, 0.1) is 5.56 Å². The molecular weight excluding hydrogens is 356 g/mol. The largest absolute Gasteiger partial charge is 0.480 e. The van der Waals surface area contributed by atoms with Crippen molar-refractivity contribution < 1.29 is 19.8 Å². The third kappa shape index (κ3) is 4.41. The molecule has 1 heterocycles. The minimum atomic E-state index is -0.984. The third-order valence-corrected chi connectivity index (χ3v) is 4.15. The lowest BCUT2D eigenvalue weighted by molar-refractivity contribution is -0.139. The van der Waals surface area contributed by atoms with Gasteiger partial charge in [0, 0.05) is 30.1 Å². The summed E-state index contributed by atoms with van der Waals surface area (Å²) < 4.78 is 0. The Kier molecular flexibility index (Phi) is 6.38. The van der Waals surface area contributed by atoms with Gasteiger partial charge in [-0.2, -0.15) is 0 Å². The maximum absolute atomic E-state index is 11.6. The summed E-state index contributed by atoms with van der Waals surface area (Å²) in [6, 6.07) is 13.4. The van der Waals surface area contributed by atoms with Gasteiger partial charge in [-0.25, -0.2) is 4.79 Å². The second-order valence-electron chi connectivity index (χ2n) is 5.84. The van der Waals surface area contributed by atoms with Crippen LogP contribution in [0.3, 0.4) is 0 Å². The van der Waals surface area contributed by atoms with Crippen LogP contribution in [-0.2, 0) is 17.8 Å². The fraction of sp³-hybridized carbons (Fsp3) is 0.158. The Morgan fingerprint density at radius 1 is 1.04 bits per heavy atom. The Bertz CT molecular complexity index is 905. The highest BCUT2D eigenvalue weighted by atomic mass is 35.5. The highest BCUT2D eigenvalue weighted by Gasteiger charge is 2.19. The maximum Gasteiger partial charge on any atom is 0.335 e. The minimum Gasteiger partial charge on any atom is -0.480 e. The van der Waals surface area contributed by atoms with Gasteiger partial charge in [-0.1, -0.05) is 30.3 Å². The van der Waals surface area contributed by atoms with Crippen LogP contribution in [0.2, 0.25) is 0 Å². The van der Waals surface area contributed by atoms with Gasteiger partial charge in [-0.05, 0) is 29.3 Å². The summed E-state index contributed by atoms with van der Waals surface area (Å²) in [5.41, 5.74) is 2.95. The number of nitrogens with one attached hydrogen (secondary N) is 2. The molecule has 6 nitrogen and oxygen atoms in total. The minimum absolute atomic E-state index is 0. The number of rotatable bonds is 7. The van der Waals surface area contributed by atoms with Crippen molar-refractivity contribution in [2.75, 3.05) is 0 Å². The standard InChI is InChI=1S/C19H18N2O4.ClH/c22-18(23)13-7-5-12(6-8-13)10-20-17(19(24)25)9-14-11-21-16-4-2-1-3-15(14)16;/h1-8,11,17,20-21H,9-10H2,(H,22,23)(H,24,25);1H. The molecule has 0 aliphatic heterocycles. The highest BCUT2D eigenvalue weighted by molar-refractivity contribution is 5.87. The van der Waals surface area contributed by atoms with E-state index in [1.54, 1.807) is 12.1 Å². The topological polar surface area (TPSA) is 102 Å². The molecule has 1 aromatic heterocycles. The molecule has 26 heavy (non-hydrogen) atoms. The first-order valence-corrected chi connectivity index (χ1v) is 7.88. The third-order valence-electron chi connectivity index (χ3n) is 4.15. The quantitative estimate of drug-likeness (QED) is 0.509. The lowest BCUT2D eigenvalue weighted by Gasteiger charge is -2.14. The van der Waals surface area contributed by atoms with Crippen LogP contribution in [0.15, 0.2) is 54.7 Å². The van der Waals surface area contributed by atoms with Gasteiger partial charge < -0.3 is 20.5 Å². The van der Waals surface area contributed by atoms with Gasteiger partial charge in [-0.3, -0.25) is 4.79 Å². The van der Waals surface area contributed by atoms with Crippen molar-refractivity contribution in [3.05, 3.63) is 71.4 Å². The zero-order valence-electron chi connectivity index (χ0n) is 13.8. The smallest absolute Gasteiger partial charge is 0.335 e. The van der Waals surface area contributed by atoms with E-state index in [2.05, 4.69) is 10.3 Å². The van der Waals surface area contributed by atoms with Crippen LogP contribution < -0.4 is 5.32 Å². The molecule has 0 aliphatic carbocycles. The molecule has 0 aliphatic rings. The molecule has 7 heteroatoms. The number of carboxylic acids is 2. The van der Waals surface area contributed by atoms with E-state index in [1.807, 2.05) is 30.5 Å². The van der Waals surface area contributed by atoms with E-state index >= 15 is 0 Å². The first kappa shape index (κ1) is 19.5. The first-order valence-electron chi connectivity index (χ1n) is 7.88. The van der Waals surface area contributed by atoms with E-state index in [9.17, 15) is 14.7 Å².